The van der Waals surface area contributed by atoms with E-state index in [-0.39, 0.29) is 5.38 Å². The van der Waals surface area contributed by atoms with E-state index in [1.54, 1.807) is 0 Å². The molecule has 0 aliphatic heterocycles. The van der Waals surface area contributed by atoms with Gasteiger partial charge in [0.15, 0.2) is 0 Å². The second kappa shape index (κ2) is 5.46. The Bertz CT molecular complexity index is 68.9. The monoisotopic (exact) mass is 152 g/mol. The standard InChI is InChI=1S/C6H10Cl2/c1-2-6(8)4-3-5-7/h3,5-6H,2,4H2,1H3/b5-3+. The van der Waals surface area contributed by atoms with Gasteiger partial charge in [0.2, 0.25) is 0 Å². The number of hydrogen-bond acceptors (Lipinski definition) is 0. The Balaban J connectivity index is 3.10. The topological polar surface area (TPSA) is 0 Å². The highest BCUT2D eigenvalue weighted by atomic mass is 35.5. The summed E-state index contributed by atoms with van der Waals surface area (Å²) in [6.07, 6.45) is 3.74. The van der Waals surface area contributed by atoms with Gasteiger partial charge in [-0.15, -0.1) is 11.6 Å². The van der Waals surface area contributed by atoms with Crippen LogP contribution in [0.25, 0.3) is 0 Å². The molecule has 1 unspecified atom stereocenters. The number of halogens is 2. The molecule has 2 heteroatoms. The summed E-state index contributed by atoms with van der Waals surface area (Å²) < 4.78 is 0. The van der Waals surface area contributed by atoms with E-state index in [0.29, 0.717) is 0 Å². The normalized spacial score (nSPS) is 14.9. The maximum atomic E-state index is 5.73. The lowest BCUT2D eigenvalue weighted by Gasteiger charge is -1.97. The van der Waals surface area contributed by atoms with Crippen molar-refractivity contribution in [2.45, 2.75) is 25.1 Å². The third-order valence-corrected chi connectivity index (χ3v) is 1.59. The predicted octanol–water partition coefficient (Wildman–Crippen LogP) is 3.15. The van der Waals surface area contributed by atoms with Gasteiger partial charge in [-0.1, -0.05) is 24.6 Å². The molecular formula is C6H10Cl2. The van der Waals surface area contributed by atoms with Crippen LogP contribution in [0.2, 0.25) is 0 Å². The van der Waals surface area contributed by atoms with Crippen LogP contribution >= 0.6 is 23.2 Å². The smallest absolute Gasteiger partial charge is 0.0368 e. The zero-order chi connectivity index (χ0) is 6.41. The summed E-state index contributed by atoms with van der Waals surface area (Å²) in [5.74, 6) is 0. The van der Waals surface area contributed by atoms with Crippen molar-refractivity contribution < 1.29 is 0 Å². The molecule has 0 heterocycles. The molecule has 0 amide bonds. The molecule has 0 bridgehead atoms. The van der Waals surface area contributed by atoms with Crippen LogP contribution in [-0.2, 0) is 0 Å². The van der Waals surface area contributed by atoms with Gasteiger partial charge in [-0.25, -0.2) is 0 Å². The first-order chi connectivity index (χ1) is 3.81. The first-order valence-electron chi connectivity index (χ1n) is 2.70. The zero-order valence-electron chi connectivity index (χ0n) is 4.90. The highest BCUT2D eigenvalue weighted by Gasteiger charge is 1.94. The molecule has 0 fully saturated rings. The molecule has 48 valence electrons. The van der Waals surface area contributed by atoms with E-state index in [1.807, 2.05) is 6.08 Å². The Morgan fingerprint density at radius 1 is 1.62 bits per heavy atom. The van der Waals surface area contributed by atoms with Gasteiger partial charge in [-0.2, -0.15) is 0 Å². The molecule has 0 aromatic rings. The molecule has 8 heavy (non-hydrogen) atoms. The SMILES string of the molecule is CCC(Cl)C/C=C/Cl. The average molecular weight is 153 g/mol. The number of allylic oxidation sites excluding steroid dienone is 1. The van der Waals surface area contributed by atoms with E-state index in [0.717, 1.165) is 12.8 Å². The van der Waals surface area contributed by atoms with E-state index in [4.69, 9.17) is 23.2 Å². The zero-order valence-corrected chi connectivity index (χ0v) is 6.41. The molecule has 0 aromatic carbocycles. The molecule has 0 aliphatic rings. The predicted molar refractivity (Wildman–Crippen MR) is 39.5 cm³/mol. The lowest BCUT2D eigenvalue weighted by atomic mass is 10.2. The minimum atomic E-state index is 0.255. The van der Waals surface area contributed by atoms with Crippen molar-refractivity contribution in [1.82, 2.24) is 0 Å². The molecule has 0 rings (SSSR count). The summed E-state index contributed by atoms with van der Waals surface area (Å²) in [5, 5.41) is 0.255. The fourth-order valence-corrected chi connectivity index (χ4v) is 0.571. The lowest BCUT2D eigenvalue weighted by molar-refractivity contribution is 0.826. The van der Waals surface area contributed by atoms with Crippen molar-refractivity contribution in [2.24, 2.45) is 0 Å². The van der Waals surface area contributed by atoms with Crippen molar-refractivity contribution in [3.05, 3.63) is 11.6 Å². The second-order valence-electron chi connectivity index (χ2n) is 1.60. The van der Waals surface area contributed by atoms with Crippen LogP contribution in [0.5, 0.6) is 0 Å². The Morgan fingerprint density at radius 3 is 2.62 bits per heavy atom. The summed E-state index contributed by atoms with van der Waals surface area (Å²) in [7, 11) is 0. The van der Waals surface area contributed by atoms with Crippen LogP contribution in [0.15, 0.2) is 11.6 Å². The van der Waals surface area contributed by atoms with E-state index in [9.17, 15) is 0 Å². The third-order valence-electron chi connectivity index (χ3n) is 0.924. The van der Waals surface area contributed by atoms with Gasteiger partial charge < -0.3 is 0 Å². The Labute approximate surface area is 60.5 Å². The van der Waals surface area contributed by atoms with Crippen LogP contribution in [0.3, 0.4) is 0 Å². The Kier molecular flexibility index (Phi) is 5.67. The number of rotatable bonds is 3. The maximum absolute atomic E-state index is 5.73. The van der Waals surface area contributed by atoms with E-state index >= 15 is 0 Å². The highest BCUT2D eigenvalue weighted by molar-refractivity contribution is 6.25. The Morgan fingerprint density at radius 2 is 2.25 bits per heavy atom. The molecule has 1 atom stereocenters. The minimum Gasteiger partial charge on any atom is -0.123 e. The van der Waals surface area contributed by atoms with Crippen molar-refractivity contribution in [2.75, 3.05) is 0 Å². The largest absolute Gasteiger partial charge is 0.123 e. The van der Waals surface area contributed by atoms with Gasteiger partial charge in [-0.3, -0.25) is 0 Å². The lowest BCUT2D eigenvalue weighted by Crippen LogP contribution is -1.90. The minimum absolute atomic E-state index is 0.255. The molecule has 0 N–H and O–H groups in total. The van der Waals surface area contributed by atoms with Crippen molar-refractivity contribution in [3.63, 3.8) is 0 Å². The summed E-state index contributed by atoms with van der Waals surface area (Å²) in [6.45, 7) is 2.06. The van der Waals surface area contributed by atoms with E-state index in [1.165, 1.54) is 5.54 Å². The maximum Gasteiger partial charge on any atom is 0.0368 e. The molecule has 0 aromatic heterocycles. The number of alkyl halides is 1. The molecular weight excluding hydrogens is 143 g/mol. The van der Waals surface area contributed by atoms with Crippen molar-refractivity contribution in [1.29, 1.82) is 0 Å². The van der Waals surface area contributed by atoms with Crippen molar-refractivity contribution >= 4 is 23.2 Å². The molecule has 0 radical (unpaired) electrons. The molecule has 0 saturated heterocycles. The van der Waals surface area contributed by atoms with Gasteiger partial charge in [-0.05, 0) is 12.8 Å². The first kappa shape index (κ1) is 8.32. The van der Waals surface area contributed by atoms with Gasteiger partial charge in [0.25, 0.3) is 0 Å². The van der Waals surface area contributed by atoms with Crippen LogP contribution in [0.4, 0.5) is 0 Å². The summed E-state index contributed by atoms with van der Waals surface area (Å²) in [6, 6.07) is 0. The van der Waals surface area contributed by atoms with Gasteiger partial charge in [0.1, 0.15) is 0 Å². The number of hydrogen-bond donors (Lipinski definition) is 0. The molecule has 0 spiro atoms. The molecule has 0 saturated carbocycles. The fraction of sp³-hybridized carbons (Fsp3) is 0.667. The average Bonchev–Trinajstić information content (AvgIpc) is 1.83. The Hall–Kier alpha value is 0.320. The van der Waals surface area contributed by atoms with E-state index < -0.39 is 0 Å². The van der Waals surface area contributed by atoms with Crippen LogP contribution < -0.4 is 0 Å². The second-order valence-corrected chi connectivity index (χ2v) is 2.47. The third kappa shape index (κ3) is 4.48. The van der Waals surface area contributed by atoms with Crippen LogP contribution in [-0.4, -0.2) is 5.38 Å². The van der Waals surface area contributed by atoms with Gasteiger partial charge in [0, 0.05) is 10.9 Å². The summed E-state index contributed by atoms with van der Waals surface area (Å²) in [5.41, 5.74) is 1.50. The van der Waals surface area contributed by atoms with E-state index in [2.05, 4.69) is 6.92 Å². The van der Waals surface area contributed by atoms with Gasteiger partial charge in [0.05, 0.1) is 0 Å². The first-order valence-corrected chi connectivity index (χ1v) is 3.57. The van der Waals surface area contributed by atoms with Gasteiger partial charge >= 0.3 is 0 Å². The highest BCUT2D eigenvalue weighted by Crippen LogP contribution is 2.06. The van der Waals surface area contributed by atoms with Crippen LogP contribution in [0.1, 0.15) is 19.8 Å². The quantitative estimate of drug-likeness (QED) is 0.546. The van der Waals surface area contributed by atoms with Crippen molar-refractivity contribution in [3.8, 4) is 0 Å². The molecule has 0 aliphatic carbocycles. The fourth-order valence-electron chi connectivity index (χ4n) is 0.366. The summed E-state index contributed by atoms with van der Waals surface area (Å²) in [4.78, 5) is 0. The molecule has 0 nitrogen and oxygen atoms in total. The van der Waals surface area contributed by atoms with Crippen LogP contribution in [0, 0.1) is 0 Å². The summed E-state index contributed by atoms with van der Waals surface area (Å²) >= 11 is 11.0.